The maximum Gasteiger partial charge on any atom is 0.273 e. The van der Waals surface area contributed by atoms with Gasteiger partial charge in [0.2, 0.25) is 0 Å². The van der Waals surface area contributed by atoms with Crippen molar-refractivity contribution in [2.45, 2.75) is 13.0 Å². The molecule has 1 fully saturated rings. The number of ether oxygens (including phenoxy) is 2. The van der Waals surface area contributed by atoms with Gasteiger partial charge in [-0.25, -0.2) is 4.98 Å². The number of nitrogens with zero attached hydrogens (tertiary/aromatic N) is 2. The molecule has 0 bridgehead atoms. The number of thiazole rings is 1. The molecule has 6 heteroatoms. The van der Waals surface area contributed by atoms with E-state index >= 15 is 0 Å². The summed E-state index contributed by atoms with van der Waals surface area (Å²) in [5, 5.41) is 2.52. The lowest BCUT2D eigenvalue weighted by molar-refractivity contribution is 0.0174. The molecule has 2 heterocycles. The van der Waals surface area contributed by atoms with Gasteiger partial charge >= 0.3 is 0 Å². The quantitative estimate of drug-likeness (QED) is 0.851. The molecule has 1 aliphatic rings. The van der Waals surface area contributed by atoms with E-state index in [4.69, 9.17) is 9.47 Å². The van der Waals surface area contributed by atoms with Crippen molar-refractivity contribution in [2.24, 2.45) is 0 Å². The molecular formula is C15H16N2O3S. The Kier molecular flexibility index (Phi) is 4.06. The van der Waals surface area contributed by atoms with E-state index in [1.54, 1.807) is 17.2 Å². The van der Waals surface area contributed by atoms with Crippen molar-refractivity contribution in [2.75, 3.05) is 19.7 Å². The highest BCUT2D eigenvalue weighted by Gasteiger charge is 2.34. The molecule has 1 saturated heterocycles. The van der Waals surface area contributed by atoms with Crippen LogP contribution in [0.25, 0.3) is 0 Å². The predicted octanol–water partition coefficient (Wildman–Crippen LogP) is 2.45. The highest BCUT2D eigenvalue weighted by molar-refractivity contribution is 7.11. The lowest BCUT2D eigenvalue weighted by Gasteiger charge is -2.38. The van der Waals surface area contributed by atoms with Crippen LogP contribution in [0, 0.1) is 0 Å². The number of hydrogen-bond donors (Lipinski definition) is 0. The summed E-state index contributed by atoms with van der Waals surface area (Å²) >= 11 is 1.46. The molecule has 0 radical (unpaired) electrons. The van der Waals surface area contributed by atoms with Gasteiger partial charge in [-0.05, 0) is 19.1 Å². The van der Waals surface area contributed by atoms with Crippen LogP contribution in [0.3, 0.4) is 0 Å². The minimum atomic E-state index is -0.0157. The summed E-state index contributed by atoms with van der Waals surface area (Å²) in [6, 6.07) is 7.33. The molecule has 0 N–H and O–H groups in total. The minimum absolute atomic E-state index is 0.0157. The average molecular weight is 304 g/mol. The van der Waals surface area contributed by atoms with Gasteiger partial charge in [0.15, 0.2) is 0 Å². The Morgan fingerprint density at radius 3 is 2.95 bits per heavy atom. The van der Waals surface area contributed by atoms with Crippen LogP contribution in [-0.4, -0.2) is 41.6 Å². The van der Waals surface area contributed by atoms with E-state index in [2.05, 4.69) is 4.98 Å². The van der Waals surface area contributed by atoms with Crippen LogP contribution in [0.4, 0.5) is 0 Å². The molecule has 5 nitrogen and oxygen atoms in total. The van der Waals surface area contributed by atoms with Crippen molar-refractivity contribution >= 4 is 17.2 Å². The van der Waals surface area contributed by atoms with Crippen molar-refractivity contribution in [3.05, 3.63) is 41.4 Å². The zero-order valence-electron chi connectivity index (χ0n) is 11.7. The lowest BCUT2D eigenvalue weighted by atomic mass is 10.1. The number of carbonyl (C=O) groups is 1. The molecule has 1 amide bonds. The van der Waals surface area contributed by atoms with Crippen molar-refractivity contribution in [1.29, 1.82) is 0 Å². The van der Waals surface area contributed by atoms with E-state index in [9.17, 15) is 4.79 Å². The molecule has 0 saturated carbocycles. The fourth-order valence-corrected chi connectivity index (χ4v) is 2.74. The SMILES string of the molecule is CCOc1ccccc1C(=O)N1CC(Oc2nccs2)C1. The summed E-state index contributed by atoms with van der Waals surface area (Å²) in [7, 11) is 0. The predicted molar refractivity (Wildman–Crippen MR) is 80.0 cm³/mol. The van der Waals surface area contributed by atoms with Gasteiger partial charge in [0.05, 0.1) is 25.3 Å². The Bertz CT molecular complexity index is 609. The molecule has 0 unspecified atom stereocenters. The number of para-hydroxylation sites is 1. The Morgan fingerprint density at radius 2 is 2.24 bits per heavy atom. The third kappa shape index (κ3) is 3.00. The second kappa shape index (κ2) is 6.13. The number of benzene rings is 1. The lowest BCUT2D eigenvalue weighted by Crippen LogP contribution is -2.56. The van der Waals surface area contributed by atoms with Gasteiger partial charge < -0.3 is 14.4 Å². The smallest absolute Gasteiger partial charge is 0.273 e. The van der Waals surface area contributed by atoms with Gasteiger partial charge in [-0.2, -0.15) is 0 Å². The van der Waals surface area contributed by atoms with Crippen molar-refractivity contribution < 1.29 is 14.3 Å². The van der Waals surface area contributed by atoms with E-state index in [0.717, 1.165) is 0 Å². The number of carbonyl (C=O) groups excluding carboxylic acids is 1. The monoisotopic (exact) mass is 304 g/mol. The van der Waals surface area contributed by atoms with Gasteiger partial charge in [0, 0.05) is 11.6 Å². The largest absolute Gasteiger partial charge is 0.493 e. The highest BCUT2D eigenvalue weighted by atomic mass is 32.1. The Balaban J connectivity index is 1.60. The number of hydrogen-bond acceptors (Lipinski definition) is 5. The topological polar surface area (TPSA) is 51.7 Å². The fourth-order valence-electron chi connectivity index (χ4n) is 2.18. The first kappa shape index (κ1) is 13.9. The maximum absolute atomic E-state index is 12.4. The fraction of sp³-hybridized carbons (Fsp3) is 0.333. The zero-order valence-corrected chi connectivity index (χ0v) is 12.5. The standard InChI is InChI=1S/C15H16N2O3S/c1-2-19-13-6-4-3-5-12(13)14(18)17-9-11(10-17)20-15-16-7-8-21-15/h3-8,11H,2,9-10H2,1H3. The summed E-state index contributed by atoms with van der Waals surface area (Å²) in [4.78, 5) is 18.3. The highest BCUT2D eigenvalue weighted by Crippen LogP contribution is 2.25. The van der Waals surface area contributed by atoms with Crippen molar-refractivity contribution in [1.82, 2.24) is 9.88 Å². The Morgan fingerprint density at radius 1 is 1.43 bits per heavy atom. The van der Waals surface area contributed by atoms with Crippen LogP contribution >= 0.6 is 11.3 Å². The van der Waals surface area contributed by atoms with E-state index in [-0.39, 0.29) is 12.0 Å². The van der Waals surface area contributed by atoms with E-state index in [0.29, 0.717) is 36.2 Å². The Hall–Kier alpha value is -2.08. The van der Waals surface area contributed by atoms with Gasteiger partial charge in [0.1, 0.15) is 11.9 Å². The van der Waals surface area contributed by atoms with Gasteiger partial charge in [0.25, 0.3) is 11.1 Å². The van der Waals surface area contributed by atoms with Crippen molar-refractivity contribution in [3.8, 4) is 10.9 Å². The second-order valence-corrected chi connectivity index (χ2v) is 5.53. The number of aromatic nitrogens is 1. The van der Waals surface area contributed by atoms with Gasteiger partial charge in [-0.3, -0.25) is 4.79 Å². The van der Waals surface area contributed by atoms with E-state index in [1.807, 2.05) is 30.5 Å². The van der Waals surface area contributed by atoms with Crippen LogP contribution < -0.4 is 9.47 Å². The number of rotatable bonds is 5. The molecule has 21 heavy (non-hydrogen) atoms. The first-order valence-corrected chi connectivity index (χ1v) is 7.73. The molecule has 1 aromatic carbocycles. The first-order valence-electron chi connectivity index (χ1n) is 6.85. The van der Waals surface area contributed by atoms with Gasteiger partial charge in [-0.1, -0.05) is 23.5 Å². The summed E-state index contributed by atoms with van der Waals surface area (Å²) in [5.74, 6) is 0.618. The van der Waals surface area contributed by atoms with Crippen LogP contribution in [0.1, 0.15) is 17.3 Å². The van der Waals surface area contributed by atoms with Crippen LogP contribution in [0.5, 0.6) is 10.9 Å². The molecule has 110 valence electrons. The molecular weight excluding hydrogens is 288 g/mol. The number of likely N-dealkylation sites (tertiary alicyclic amines) is 1. The zero-order chi connectivity index (χ0) is 14.7. The minimum Gasteiger partial charge on any atom is -0.493 e. The third-order valence-electron chi connectivity index (χ3n) is 3.23. The third-order valence-corrected chi connectivity index (χ3v) is 3.89. The second-order valence-electron chi connectivity index (χ2n) is 4.68. The van der Waals surface area contributed by atoms with E-state index < -0.39 is 0 Å². The molecule has 2 aromatic rings. The van der Waals surface area contributed by atoms with Crippen LogP contribution in [0.15, 0.2) is 35.8 Å². The molecule has 1 aromatic heterocycles. The summed E-state index contributed by atoms with van der Waals surface area (Å²) in [6.45, 7) is 3.61. The molecule has 0 atom stereocenters. The number of amides is 1. The summed E-state index contributed by atoms with van der Waals surface area (Å²) < 4.78 is 11.2. The average Bonchev–Trinajstić information content (AvgIpc) is 2.96. The summed E-state index contributed by atoms with van der Waals surface area (Å²) in [5.41, 5.74) is 0.604. The van der Waals surface area contributed by atoms with E-state index in [1.165, 1.54) is 11.3 Å². The maximum atomic E-state index is 12.4. The van der Waals surface area contributed by atoms with Crippen LogP contribution in [-0.2, 0) is 0 Å². The summed E-state index contributed by atoms with van der Waals surface area (Å²) in [6.07, 6.45) is 1.74. The molecule has 0 spiro atoms. The normalized spacial score (nSPS) is 14.6. The van der Waals surface area contributed by atoms with Gasteiger partial charge in [-0.15, -0.1) is 0 Å². The first-order chi connectivity index (χ1) is 10.3. The van der Waals surface area contributed by atoms with Crippen molar-refractivity contribution in [3.63, 3.8) is 0 Å². The Labute approximate surface area is 127 Å². The molecule has 0 aliphatic carbocycles. The molecule has 1 aliphatic heterocycles. The molecule has 3 rings (SSSR count). The van der Waals surface area contributed by atoms with Crippen LogP contribution in [0.2, 0.25) is 0 Å².